The average molecular weight is 1000 g/mol. The van der Waals surface area contributed by atoms with Gasteiger partial charge in [0.25, 0.3) is 11.8 Å². The van der Waals surface area contributed by atoms with Gasteiger partial charge in [0.1, 0.15) is 36.7 Å². The Kier molecular flexibility index (Phi) is 15.4. The van der Waals surface area contributed by atoms with Crippen LogP contribution >= 0.6 is 0 Å². The molecule has 9 rings (SSSR count). The molecular formula is C53H69N13O7. The fourth-order valence-corrected chi connectivity index (χ4v) is 10.9. The number of nitrogens with one attached hydrogen (secondary N) is 2. The Hall–Kier alpha value is -7.32. The van der Waals surface area contributed by atoms with Crippen molar-refractivity contribution in [2.75, 3.05) is 77.0 Å². The monoisotopic (exact) mass is 1000 g/mol. The topological polar surface area (TPSA) is 260 Å². The van der Waals surface area contributed by atoms with Crippen LogP contribution in [0.4, 0.5) is 5.69 Å². The number of amides is 3. The van der Waals surface area contributed by atoms with Gasteiger partial charge in [-0.15, -0.1) is 0 Å². The van der Waals surface area contributed by atoms with Crippen LogP contribution < -0.4 is 42.2 Å². The van der Waals surface area contributed by atoms with Gasteiger partial charge in [0.15, 0.2) is 5.76 Å². The van der Waals surface area contributed by atoms with E-state index in [1.54, 1.807) is 47.5 Å². The van der Waals surface area contributed by atoms with Gasteiger partial charge in [-0.1, -0.05) is 32.0 Å². The minimum absolute atomic E-state index is 0.0985. The molecule has 73 heavy (non-hydrogen) atoms. The number of carbonyl (C=O) groups is 3. The number of anilines is 1. The highest BCUT2D eigenvalue weighted by molar-refractivity contribution is 6.26. The first kappa shape index (κ1) is 50.6. The molecule has 3 amide bonds. The predicted molar refractivity (Wildman–Crippen MR) is 275 cm³/mol. The first-order valence-corrected chi connectivity index (χ1v) is 25.5. The molecule has 5 atom stereocenters. The van der Waals surface area contributed by atoms with E-state index in [4.69, 9.17) is 31.2 Å². The molecule has 20 heteroatoms. The van der Waals surface area contributed by atoms with Crippen molar-refractivity contribution in [1.29, 1.82) is 0 Å². The number of phenolic OH excluding ortho intramolecular Hbond substituents is 1. The van der Waals surface area contributed by atoms with Gasteiger partial charge >= 0.3 is 0 Å². The molecule has 1 aromatic carbocycles. The number of nitrogens with zero attached hydrogens (tertiary/aromatic N) is 8. The third-order valence-electron chi connectivity index (χ3n) is 14.8. The third-order valence-corrected chi connectivity index (χ3v) is 14.8. The van der Waals surface area contributed by atoms with Crippen molar-refractivity contribution in [3.63, 3.8) is 0 Å². The SMILES string of the molecule is CC1=C(c2ccc(C(C)NC(=O)[C@@H]3CCCN3C(=O)C(c3cc(OCCN4CCN(CCOc5cc(N6C7CCC6CN(C(/C=C(\N)c6ccccc6O)=C(N)N)C7)ccn5)CC4)no3)C(C)C)cn2)C(=O)N1. The van der Waals surface area contributed by atoms with E-state index in [-0.39, 0.29) is 53.3 Å². The first-order valence-electron chi connectivity index (χ1n) is 25.5. The van der Waals surface area contributed by atoms with Crippen molar-refractivity contribution in [2.24, 2.45) is 23.1 Å². The Morgan fingerprint density at radius 1 is 0.904 bits per heavy atom. The zero-order valence-corrected chi connectivity index (χ0v) is 42.2. The number of hydrogen-bond acceptors (Lipinski definition) is 17. The molecule has 0 radical (unpaired) electrons. The number of pyridine rings is 2. The number of likely N-dealkylation sites (tertiary alicyclic amines) is 2. The summed E-state index contributed by atoms with van der Waals surface area (Å²) in [4.78, 5) is 59.8. The molecule has 8 heterocycles. The summed E-state index contributed by atoms with van der Waals surface area (Å²) in [5.41, 5.74) is 24.2. The second-order valence-corrected chi connectivity index (χ2v) is 20.0. The smallest absolute Gasteiger partial charge is 0.259 e. The minimum Gasteiger partial charge on any atom is -0.507 e. The van der Waals surface area contributed by atoms with Crippen LogP contribution in [0.1, 0.15) is 87.9 Å². The van der Waals surface area contributed by atoms with Gasteiger partial charge in [0.2, 0.25) is 17.7 Å². The molecule has 4 aromatic rings. The Labute approximate surface area is 426 Å². The summed E-state index contributed by atoms with van der Waals surface area (Å²) in [7, 11) is 0. The van der Waals surface area contributed by atoms with Crippen LogP contribution in [0, 0.1) is 5.92 Å². The summed E-state index contributed by atoms with van der Waals surface area (Å²) in [5, 5.41) is 20.3. The van der Waals surface area contributed by atoms with Crippen LogP contribution in [0.15, 0.2) is 94.8 Å². The Morgan fingerprint density at radius 3 is 2.23 bits per heavy atom. The average Bonchev–Trinajstić information content (AvgIpc) is 4.12. The maximum absolute atomic E-state index is 14.2. The van der Waals surface area contributed by atoms with E-state index >= 15 is 0 Å². The number of fused-ring (bicyclic) bond motifs is 2. The summed E-state index contributed by atoms with van der Waals surface area (Å²) < 4.78 is 18.0. The van der Waals surface area contributed by atoms with Crippen LogP contribution in [0.3, 0.4) is 0 Å². The summed E-state index contributed by atoms with van der Waals surface area (Å²) >= 11 is 0. The number of benzene rings is 1. The van der Waals surface area contributed by atoms with E-state index in [2.05, 4.69) is 45.4 Å². The van der Waals surface area contributed by atoms with Crippen molar-refractivity contribution in [3.05, 3.63) is 113 Å². The van der Waals surface area contributed by atoms with Gasteiger partial charge in [-0.3, -0.25) is 29.2 Å². The van der Waals surface area contributed by atoms with Crippen LogP contribution in [-0.4, -0.2) is 148 Å². The molecule has 5 aliphatic rings. The van der Waals surface area contributed by atoms with Gasteiger partial charge < -0.3 is 61.6 Å². The molecule has 4 fully saturated rings. The molecule has 20 nitrogen and oxygen atoms in total. The lowest BCUT2D eigenvalue weighted by atomic mass is 9.91. The minimum atomic E-state index is -0.635. The van der Waals surface area contributed by atoms with E-state index in [1.807, 2.05) is 58.2 Å². The molecule has 9 N–H and O–H groups in total. The van der Waals surface area contributed by atoms with Gasteiger partial charge in [0.05, 0.1) is 23.0 Å². The van der Waals surface area contributed by atoms with Crippen LogP contribution in [0.5, 0.6) is 17.5 Å². The molecular weight excluding hydrogens is 931 g/mol. The van der Waals surface area contributed by atoms with E-state index in [0.29, 0.717) is 84.9 Å². The number of hydrogen-bond donors (Lipinski definition) is 6. The highest BCUT2D eigenvalue weighted by atomic mass is 16.5. The molecule has 3 aromatic heterocycles. The Bertz CT molecular complexity index is 2710. The van der Waals surface area contributed by atoms with Crippen molar-refractivity contribution in [1.82, 2.24) is 45.4 Å². The lowest BCUT2D eigenvalue weighted by Crippen LogP contribution is -2.53. The number of rotatable bonds is 19. The largest absolute Gasteiger partial charge is 0.507 e. The summed E-state index contributed by atoms with van der Waals surface area (Å²) in [6, 6.07) is 15.9. The Morgan fingerprint density at radius 2 is 1.60 bits per heavy atom. The summed E-state index contributed by atoms with van der Waals surface area (Å²) in [6.07, 6.45) is 8.57. The number of aromatic nitrogens is 3. The molecule has 0 saturated carbocycles. The fourth-order valence-electron chi connectivity index (χ4n) is 10.9. The number of ether oxygens (including phenoxy) is 2. The predicted octanol–water partition coefficient (Wildman–Crippen LogP) is 3.45. The molecule has 388 valence electrons. The number of carbonyl (C=O) groups excluding carboxylic acids is 3. The molecule has 0 spiro atoms. The van der Waals surface area contributed by atoms with E-state index in [1.165, 1.54) is 0 Å². The lowest BCUT2D eigenvalue weighted by molar-refractivity contribution is -0.141. The van der Waals surface area contributed by atoms with Crippen molar-refractivity contribution < 1.29 is 33.5 Å². The number of nitrogens with two attached hydrogens (primary N) is 3. The normalized spacial score (nSPS) is 21.2. The maximum atomic E-state index is 14.2. The second kappa shape index (κ2) is 22.2. The van der Waals surface area contributed by atoms with Crippen molar-refractivity contribution >= 4 is 34.7 Å². The molecule has 0 aliphatic carbocycles. The van der Waals surface area contributed by atoms with Gasteiger partial charge in [0, 0.05) is 118 Å². The number of aromatic hydroxyl groups is 1. The van der Waals surface area contributed by atoms with Crippen molar-refractivity contribution in [2.45, 2.75) is 83.5 Å². The van der Waals surface area contributed by atoms with E-state index < -0.39 is 12.0 Å². The van der Waals surface area contributed by atoms with Gasteiger partial charge in [-0.05, 0) is 86.5 Å². The van der Waals surface area contributed by atoms with Crippen LogP contribution in [0.25, 0.3) is 11.3 Å². The molecule has 5 aliphatic heterocycles. The summed E-state index contributed by atoms with van der Waals surface area (Å²) in [5.74, 6) is 0.321. The maximum Gasteiger partial charge on any atom is 0.259 e. The van der Waals surface area contributed by atoms with Crippen molar-refractivity contribution in [3.8, 4) is 17.5 Å². The first-order chi connectivity index (χ1) is 35.2. The number of phenols is 1. The van der Waals surface area contributed by atoms with Gasteiger partial charge in [-0.2, -0.15) is 0 Å². The van der Waals surface area contributed by atoms with E-state index in [0.717, 1.165) is 75.6 Å². The molecule has 4 unspecified atom stereocenters. The highest BCUT2D eigenvalue weighted by Crippen LogP contribution is 2.38. The standard InChI is InChI=1S/C53H69N13O7/c1-32(2)48(53(70)65-17-7-9-42(65)51(68)59-33(3)35-11-14-41(58-29-35)49-34(4)60-52(49)69)45-28-47(61-73-45)72-25-23-63-20-18-62(19-21-63)22-24-71-46-26-36(15-16-57-46)66-37-12-13-38(66)31-64(30-37)43(50(55)56)27-40(54)39-8-5-6-10-44(39)67/h5-6,8,10-11,14-16,26-29,32-33,37-38,42,48,67H,7,9,12-13,17-25,30-31,54-56H2,1-4H3,(H,59,68)(H,60,69)/b40-27-/t33?,37?,38?,42-,48?/m0/s1. The fraction of sp³-hybridized carbons (Fsp3) is 0.472. The van der Waals surface area contributed by atoms with Crippen LogP contribution in [0.2, 0.25) is 0 Å². The molecule has 2 bridgehead atoms. The number of allylic oxidation sites excluding steroid dienone is 2. The zero-order valence-electron chi connectivity index (χ0n) is 42.2. The number of para-hydroxylation sites is 1. The highest BCUT2D eigenvalue weighted by Gasteiger charge is 2.42. The van der Waals surface area contributed by atoms with Crippen LogP contribution in [-0.2, 0) is 14.4 Å². The quantitative estimate of drug-likeness (QED) is 0.0735. The van der Waals surface area contributed by atoms with E-state index in [9.17, 15) is 19.5 Å². The zero-order chi connectivity index (χ0) is 51.3. The summed E-state index contributed by atoms with van der Waals surface area (Å²) in [6.45, 7) is 15.5. The molecule has 4 saturated heterocycles. The van der Waals surface area contributed by atoms with Gasteiger partial charge in [-0.25, -0.2) is 4.98 Å². The third kappa shape index (κ3) is 11.3. The lowest BCUT2D eigenvalue weighted by Gasteiger charge is -2.44. The number of piperazine rings is 2. The second-order valence-electron chi connectivity index (χ2n) is 20.0. The Balaban J connectivity index is 0.696.